The van der Waals surface area contributed by atoms with E-state index in [-0.39, 0.29) is 5.75 Å². The minimum Gasteiger partial charge on any atom is -0.507 e. The first-order valence-electron chi connectivity index (χ1n) is 8.56. The summed E-state index contributed by atoms with van der Waals surface area (Å²) in [5.41, 5.74) is 4.36. The topological polar surface area (TPSA) is 46.5 Å². The van der Waals surface area contributed by atoms with Crippen LogP contribution >= 0.6 is 15.9 Å². The Labute approximate surface area is 148 Å². The summed E-state index contributed by atoms with van der Waals surface area (Å²) in [6.07, 6.45) is 6.20. The Bertz CT molecular complexity index is 538. The minimum atomic E-state index is -0.423. The third kappa shape index (κ3) is 4.97. The third-order valence-electron chi connectivity index (χ3n) is 4.36. The molecule has 3 nitrogen and oxygen atoms in total. The van der Waals surface area contributed by atoms with Crippen LogP contribution in [0, 0.1) is 13.8 Å². The summed E-state index contributed by atoms with van der Waals surface area (Å²) in [6, 6.07) is 0. The molecule has 0 aromatic heterocycles. The van der Waals surface area contributed by atoms with Gasteiger partial charge in [-0.05, 0) is 62.3 Å². The maximum absolute atomic E-state index is 12.3. The molecule has 0 bridgehead atoms. The molecule has 1 aromatic carbocycles. The molecule has 0 aliphatic rings. The van der Waals surface area contributed by atoms with Gasteiger partial charge in [-0.2, -0.15) is 0 Å². The molecule has 0 aliphatic heterocycles. The zero-order valence-corrected chi connectivity index (χ0v) is 16.4. The van der Waals surface area contributed by atoms with E-state index >= 15 is 0 Å². The zero-order valence-electron chi connectivity index (χ0n) is 14.8. The van der Waals surface area contributed by atoms with E-state index in [1.54, 1.807) is 6.92 Å². The summed E-state index contributed by atoms with van der Waals surface area (Å²) in [5.74, 6) is -0.304. The molecule has 1 aromatic rings. The number of ether oxygens (including phenoxy) is 1. The number of halogens is 1. The van der Waals surface area contributed by atoms with Crippen molar-refractivity contribution in [3.8, 4) is 5.75 Å². The van der Waals surface area contributed by atoms with E-state index in [0.717, 1.165) is 53.3 Å². The van der Waals surface area contributed by atoms with E-state index in [0.29, 0.717) is 12.2 Å². The molecule has 0 atom stereocenters. The van der Waals surface area contributed by atoms with Gasteiger partial charge in [0.25, 0.3) is 0 Å². The van der Waals surface area contributed by atoms with Gasteiger partial charge in [-0.25, -0.2) is 4.79 Å². The lowest BCUT2D eigenvalue weighted by Crippen LogP contribution is -2.12. The van der Waals surface area contributed by atoms with Gasteiger partial charge in [-0.15, -0.1) is 0 Å². The molecular formula is C19H29BrO3. The summed E-state index contributed by atoms with van der Waals surface area (Å²) >= 11 is 3.48. The summed E-state index contributed by atoms with van der Waals surface area (Å²) in [6.45, 7) is 8.23. The maximum atomic E-state index is 12.3. The maximum Gasteiger partial charge on any atom is 0.342 e. The second kappa shape index (κ2) is 9.96. The van der Waals surface area contributed by atoms with Gasteiger partial charge in [-0.3, -0.25) is 0 Å². The molecule has 0 radical (unpaired) electrons. The molecule has 0 heterocycles. The number of alkyl halides is 1. The number of rotatable bonds is 9. The average molecular weight is 385 g/mol. The molecule has 0 fully saturated rings. The number of esters is 1. The fourth-order valence-corrected chi connectivity index (χ4v) is 3.47. The highest BCUT2D eigenvalue weighted by Gasteiger charge is 2.24. The number of unbranched alkanes of at least 4 members (excludes halogenated alkanes) is 3. The van der Waals surface area contributed by atoms with Crippen LogP contribution in [0.4, 0.5) is 0 Å². The Kier molecular flexibility index (Phi) is 8.67. The second-order valence-corrected chi connectivity index (χ2v) is 6.69. The SMILES string of the molecule is CCCCCCc1c(C)c(CCBr)c(C)c(C(=O)OCC)c1O. The number of hydrogen-bond donors (Lipinski definition) is 1. The molecule has 0 saturated heterocycles. The van der Waals surface area contributed by atoms with Gasteiger partial charge in [0.15, 0.2) is 0 Å². The Morgan fingerprint density at radius 1 is 1.04 bits per heavy atom. The van der Waals surface area contributed by atoms with E-state index in [4.69, 9.17) is 4.74 Å². The zero-order chi connectivity index (χ0) is 17.4. The normalized spacial score (nSPS) is 10.8. The lowest BCUT2D eigenvalue weighted by molar-refractivity contribution is 0.0522. The van der Waals surface area contributed by atoms with Crippen molar-refractivity contribution in [2.24, 2.45) is 0 Å². The van der Waals surface area contributed by atoms with Crippen molar-refractivity contribution in [3.05, 3.63) is 27.8 Å². The van der Waals surface area contributed by atoms with Gasteiger partial charge in [0.2, 0.25) is 0 Å². The quantitative estimate of drug-likeness (QED) is 0.359. The highest BCUT2D eigenvalue weighted by molar-refractivity contribution is 9.09. The third-order valence-corrected chi connectivity index (χ3v) is 4.76. The van der Waals surface area contributed by atoms with Crippen molar-refractivity contribution < 1.29 is 14.6 Å². The van der Waals surface area contributed by atoms with Gasteiger partial charge < -0.3 is 9.84 Å². The molecule has 1 rings (SSSR count). The fraction of sp³-hybridized carbons (Fsp3) is 0.632. The standard InChI is InChI=1S/C19H29BrO3/c1-5-7-8-9-10-16-13(3)15(11-12-20)14(4)17(18(16)21)19(22)23-6-2/h21H,5-12H2,1-4H3. The van der Waals surface area contributed by atoms with Crippen molar-refractivity contribution in [2.75, 3.05) is 11.9 Å². The van der Waals surface area contributed by atoms with Gasteiger partial charge in [0, 0.05) is 5.33 Å². The Hall–Kier alpha value is -1.03. The first kappa shape index (κ1) is 20.0. The van der Waals surface area contributed by atoms with Crippen LogP contribution in [0.1, 0.15) is 72.1 Å². The predicted octanol–water partition coefficient (Wildman–Crippen LogP) is 5.25. The van der Waals surface area contributed by atoms with E-state index in [2.05, 4.69) is 29.8 Å². The number of hydrogen-bond acceptors (Lipinski definition) is 3. The number of carbonyl (C=O) groups excluding carboxylic acids is 1. The van der Waals surface area contributed by atoms with Crippen LogP contribution in [0.15, 0.2) is 0 Å². The van der Waals surface area contributed by atoms with Crippen molar-refractivity contribution in [1.82, 2.24) is 0 Å². The number of aromatic hydroxyl groups is 1. The first-order chi connectivity index (χ1) is 11.0. The van der Waals surface area contributed by atoms with Crippen molar-refractivity contribution in [3.63, 3.8) is 0 Å². The van der Waals surface area contributed by atoms with Crippen LogP contribution in [0.2, 0.25) is 0 Å². The van der Waals surface area contributed by atoms with E-state index in [1.807, 2.05) is 6.92 Å². The summed E-state index contributed by atoms with van der Waals surface area (Å²) in [7, 11) is 0. The highest BCUT2D eigenvalue weighted by Crippen LogP contribution is 2.35. The lowest BCUT2D eigenvalue weighted by atomic mass is 9.88. The van der Waals surface area contributed by atoms with Gasteiger partial charge >= 0.3 is 5.97 Å². The van der Waals surface area contributed by atoms with Gasteiger partial charge in [-0.1, -0.05) is 42.1 Å². The molecule has 0 unspecified atom stereocenters. The van der Waals surface area contributed by atoms with Crippen LogP contribution in [0.5, 0.6) is 5.75 Å². The van der Waals surface area contributed by atoms with Crippen molar-refractivity contribution >= 4 is 21.9 Å². The number of phenolic OH excluding ortho intramolecular Hbond substituents is 1. The Balaban J connectivity index is 3.28. The van der Waals surface area contributed by atoms with Crippen LogP contribution in [-0.2, 0) is 17.6 Å². The molecular weight excluding hydrogens is 356 g/mol. The lowest BCUT2D eigenvalue weighted by Gasteiger charge is -2.20. The number of carbonyl (C=O) groups is 1. The first-order valence-corrected chi connectivity index (χ1v) is 9.68. The van der Waals surface area contributed by atoms with E-state index < -0.39 is 5.97 Å². The molecule has 0 saturated carbocycles. The predicted molar refractivity (Wildman–Crippen MR) is 98.9 cm³/mol. The molecule has 0 aliphatic carbocycles. The van der Waals surface area contributed by atoms with Gasteiger partial charge in [0.05, 0.1) is 6.61 Å². The smallest absolute Gasteiger partial charge is 0.342 e. The molecule has 130 valence electrons. The van der Waals surface area contributed by atoms with Crippen LogP contribution in [0.3, 0.4) is 0 Å². The van der Waals surface area contributed by atoms with Gasteiger partial charge in [0.1, 0.15) is 11.3 Å². The largest absolute Gasteiger partial charge is 0.507 e. The molecule has 1 N–H and O–H groups in total. The highest BCUT2D eigenvalue weighted by atomic mass is 79.9. The molecule has 0 spiro atoms. The number of phenols is 1. The van der Waals surface area contributed by atoms with Crippen LogP contribution in [-0.4, -0.2) is 23.0 Å². The van der Waals surface area contributed by atoms with E-state index in [1.165, 1.54) is 12.8 Å². The minimum absolute atomic E-state index is 0.119. The number of benzene rings is 1. The summed E-state index contributed by atoms with van der Waals surface area (Å²) in [5, 5.41) is 11.5. The summed E-state index contributed by atoms with van der Waals surface area (Å²) < 4.78 is 5.15. The molecule has 23 heavy (non-hydrogen) atoms. The second-order valence-electron chi connectivity index (χ2n) is 5.90. The average Bonchev–Trinajstić information content (AvgIpc) is 2.51. The fourth-order valence-electron chi connectivity index (χ4n) is 3.08. The van der Waals surface area contributed by atoms with Crippen molar-refractivity contribution in [2.45, 2.75) is 66.2 Å². The molecule has 4 heteroatoms. The van der Waals surface area contributed by atoms with Crippen LogP contribution < -0.4 is 0 Å². The summed E-state index contributed by atoms with van der Waals surface area (Å²) in [4.78, 5) is 12.3. The molecule has 0 amide bonds. The van der Waals surface area contributed by atoms with Crippen molar-refractivity contribution in [1.29, 1.82) is 0 Å². The Morgan fingerprint density at radius 3 is 2.30 bits per heavy atom. The van der Waals surface area contributed by atoms with E-state index in [9.17, 15) is 9.90 Å². The Morgan fingerprint density at radius 2 is 1.74 bits per heavy atom. The monoisotopic (exact) mass is 384 g/mol. The van der Waals surface area contributed by atoms with Crippen LogP contribution in [0.25, 0.3) is 0 Å².